The molecule has 0 radical (unpaired) electrons. The highest BCUT2D eigenvalue weighted by Gasteiger charge is 2.42. The maximum atomic E-state index is 16.0. The van der Waals surface area contributed by atoms with Crippen molar-refractivity contribution >= 4 is 54.9 Å². The van der Waals surface area contributed by atoms with E-state index in [-0.39, 0.29) is 47.7 Å². The third-order valence-electron chi connectivity index (χ3n) is 7.47. The Hall–Kier alpha value is -3.15. The fourth-order valence-electron chi connectivity index (χ4n) is 4.15. The Labute approximate surface area is 254 Å². The molecule has 0 saturated heterocycles. The quantitative estimate of drug-likeness (QED) is 0.224. The lowest BCUT2D eigenvalue weighted by molar-refractivity contribution is -0.130. The summed E-state index contributed by atoms with van der Waals surface area (Å²) in [5, 5.41) is 6.04. The van der Waals surface area contributed by atoms with Crippen molar-refractivity contribution in [2.45, 2.75) is 84.2 Å². The molecule has 3 rings (SSSR count). The summed E-state index contributed by atoms with van der Waals surface area (Å²) in [5.74, 6) is -0.977. The summed E-state index contributed by atoms with van der Waals surface area (Å²) in [6, 6.07) is 9.64. The highest BCUT2D eigenvalue weighted by atomic mass is 35.5. The van der Waals surface area contributed by atoms with Gasteiger partial charge in [0, 0.05) is 10.6 Å². The molecular weight excluding hydrogens is 577 g/mol. The first kappa shape index (κ1) is 33.4. The van der Waals surface area contributed by atoms with Crippen LogP contribution in [0.15, 0.2) is 41.4 Å². The maximum Gasteiger partial charge on any atom is 0.414 e. The average molecular weight is 620 g/mol. The van der Waals surface area contributed by atoms with Crippen LogP contribution in [0.3, 0.4) is 0 Å². The van der Waals surface area contributed by atoms with E-state index >= 15 is 4.39 Å². The molecule has 9 nitrogen and oxygen atoms in total. The monoisotopic (exact) mass is 619 g/mol. The average Bonchev–Trinajstić information content (AvgIpc) is 2.82. The highest BCUT2D eigenvalue weighted by molar-refractivity contribution is 6.74. The van der Waals surface area contributed by atoms with Crippen molar-refractivity contribution in [2.75, 3.05) is 24.2 Å². The van der Waals surface area contributed by atoms with Crippen molar-refractivity contribution in [1.82, 2.24) is 10.2 Å². The van der Waals surface area contributed by atoms with Gasteiger partial charge in [0.25, 0.3) is 0 Å². The van der Waals surface area contributed by atoms with Gasteiger partial charge in [-0.1, -0.05) is 44.5 Å². The van der Waals surface area contributed by atoms with Crippen LogP contribution in [0.2, 0.25) is 23.2 Å². The third-order valence-corrected chi connectivity index (χ3v) is 12.2. The number of halogens is 2. The number of carbonyl (C=O) groups excluding carboxylic acids is 2. The molecule has 1 aliphatic rings. The molecule has 12 heteroatoms. The highest BCUT2D eigenvalue weighted by Crippen LogP contribution is 2.39. The summed E-state index contributed by atoms with van der Waals surface area (Å²) in [6.45, 7) is 17.9. The van der Waals surface area contributed by atoms with Crippen molar-refractivity contribution < 1.29 is 23.1 Å². The largest absolute Gasteiger partial charge is 0.444 e. The number of anilines is 3. The molecule has 4 N–H and O–H groups in total. The molecule has 0 aliphatic carbocycles. The molecule has 2 aromatic carbocycles. The number of nitrogens with zero attached hydrogens (tertiary/aromatic N) is 2. The number of nitrogen functional groups attached to an aromatic ring is 1. The molecule has 230 valence electrons. The van der Waals surface area contributed by atoms with Gasteiger partial charge in [-0.3, -0.25) is 15.0 Å². The molecule has 0 fully saturated rings. The lowest BCUT2D eigenvalue weighted by Gasteiger charge is -2.39. The van der Waals surface area contributed by atoms with Crippen LogP contribution in [-0.2, 0) is 19.5 Å². The number of alkyl carbamates (subject to hydrolysis) is 1. The summed E-state index contributed by atoms with van der Waals surface area (Å²) in [5.41, 5.74) is 5.07. The van der Waals surface area contributed by atoms with Gasteiger partial charge in [-0.15, -0.1) is 0 Å². The minimum Gasteiger partial charge on any atom is -0.444 e. The number of hydrogen-bond donors (Lipinski definition) is 3. The number of nitrogens with one attached hydrogen (secondary N) is 2. The van der Waals surface area contributed by atoms with Crippen molar-refractivity contribution in [3.63, 3.8) is 0 Å². The smallest absolute Gasteiger partial charge is 0.414 e. The predicted octanol–water partition coefficient (Wildman–Crippen LogP) is 7.15. The Morgan fingerprint density at radius 2 is 1.83 bits per heavy atom. The minimum atomic E-state index is -2.10. The number of rotatable bonds is 7. The van der Waals surface area contributed by atoms with Gasteiger partial charge in [0.2, 0.25) is 11.9 Å². The lowest BCUT2D eigenvalue weighted by Crippen LogP contribution is -2.55. The Morgan fingerprint density at radius 1 is 1.17 bits per heavy atom. The summed E-state index contributed by atoms with van der Waals surface area (Å²) >= 11 is 6.11. The van der Waals surface area contributed by atoms with Gasteiger partial charge in [0.15, 0.2) is 14.1 Å². The molecule has 1 aliphatic heterocycles. The number of carbonyl (C=O) groups is 2. The third kappa shape index (κ3) is 8.02. The molecule has 0 aromatic heterocycles. The van der Waals surface area contributed by atoms with Crippen LogP contribution in [0.4, 0.5) is 26.2 Å². The maximum absolute atomic E-state index is 16.0. The van der Waals surface area contributed by atoms with Crippen LogP contribution >= 0.6 is 11.6 Å². The Morgan fingerprint density at radius 3 is 2.45 bits per heavy atom. The molecule has 0 unspecified atom stereocenters. The second-order valence-corrected chi connectivity index (χ2v) is 18.4. The molecule has 1 heterocycles. The van der Waals surface area contributed by atoms with Gasteiger partial charge in [-0.05, 0) is 70.1 Å². The van der Waals surface area contributed by atoms with E-state index in [2.05, 4.69) is 44.5 Å². The zero-order chi connectivity index (χ0) is 31.7. The summed E-state index contributed by atoms with van der Waals surface area (Å²) in [4.78, 5) is 32.5. The Kier molecular flexibility index (Phi) is 9.70. The van der Waals surface area contributed by atoms with Crippen LogP contribution < -0.4 is 16.4 Å². The molecule has 42 heavy (non-hydrogen) atoms. The zero-order valence-corrected chi connectivity index (χ0v) is 27.7. The van der Waals surface area contributed by atoms with Gasteiger partial charge in [0.05, 0.1) is 42.2 Å². The first-order chi connectivity index (χ1) is 19.2. The van der Waals surface area contributed by atoms with E-state index in [1.54, 1.807) is 64.1 Å². The lowest BCUT2D eigenvalue weighted by atomic mass is 9.86. The van der Waals surface area contributed by atoms with Crippen LogP contribution in [0, 0.1) is 5.82 Å². The number of amides is 2. The summed E-state index contributed by atoms with van der Waals surface area (Å²) in [6.07, 6.45) is -0.910. The van der Waals surface area contributed by atoms with Crippen molar-refractivity contribution in [3.05, 3.63) is 52.8 Å². The van der Waals surface area contributed by atoms with E-state index in [9.17, 15) is 9.59 Å². The van der Waals surface area contributed by atoms with Crippen LogP contribution in [0.5, 0.6) is 0 Å². The number of aliphatic imine (C=N–C) groups is 1. The van der Waals surface area contributed by atoms with Crippen LogP contribution in [0.1, 0.15) is 60.5 Å². The number of ether oxygens (including phenoxy) is 1. The van der Waals surface area contributed by atoms with Crippen molar-refractivity contribution in [2.24, 2.45) is 4.99 Å². The molecular formula is C30H43ClFN5O4Si. The van der Waals surface area contributed by atoms with Crippen molar-refractivity contribution in [3.8, 4) is 0 Å². The first-order valence-electron chi connectivity index (χ1n) is 13.9. The molecule has 1 atom stereocenters. The van der Waals surface area contributed by atoms with Gasteiger partial charge in [-0.25, -0.2) is 14.2 Å². The van der Waals surface area contributed by atoms with Gasteiger partial charge >= 0.3 is 6.09 Å². The predicted molar refractivity (Wildman–Crippen MR) is 169 cm³/mol. The number of benzene rings is 2. The summed E-state index contributed by atoms with van der Waals surface area (Å²) in [7, 11) is -2.10. The molecule has 0 bridgehead atoms. The van der Waals surface area contributed by atoms with Gasteiger partial charge in [0.1, 0.15) is 5.60 Å². The fourth-order valence-corrected chi connectivity index (χ4v) is 5.36. The number of guanidine groups is 1. The number of nitrogens with two attached hydrogens (primary N) is 1. The normalized spacial score (nSPS) is 18.0. The number of hydrogen-bond acceptors (Lipinski definition) is 7. The van der Waals surface area contributed by atoms with E-state index < -0.39 is 31.4 Å². The fraction of sp³-hybridized carbons (Fsp3) is 0.500. The van der Waals surface area contributed by atoms with Crippen molar-refractivity contribution in [1.29, 1.82) is 0 Å². The van der Waals surface area contributed by atoms with E-state index in [1.807, 2.05) is 0 Å². The Balaban J connectivity index is 1.98. The topological polar surface area (TPSA) is 118 Å². The van der Waals surface area contributed by atoms with E-state index in [1.165, 1.54) is 4.90 Å². The van der Waals surface area contributed by atoms with Gasteiger partial charge in [-0.2, -0.15) is 0 Å². The van der Waals surface area contributed by atoms with Crippen LogP contribution in [0.25, 0.3) is 0 Å². The Bertz CT molecular complexity index is 1370. The standard InChI is InChI=1S/C30H43ClFN5O4Si/c1-28(2,3)41-27(39)35-26-36-30(7,18-24(38)37(26)15-16-40-42(8,9)29(4,5)6)20-11-10-12-22(25(20)32)34-23-17-19(31)13-14-21(23)33/h10-14,17,34H,15-16,18,33H2,1-9H3,(H,35,36,39)/t30-/m0/s1. The summed E-state index contributed by atoms with van der Waals surface area (Å²) < 4.78 is 27.8. The molecule has 0 spiro atoms. The van der Waals surface area contributed by atoms with E-state index in [0.717, 1.165) is 0 Å². The molecule has 2 amide bonds. The SMILES string of the molecule is CC(C)(C)OC(=O)NC1=N[C@](C)(c2cccc(Nc3cc(Cl)ccc3N)c2F)CC(=O)N1CCO[Si](C)(C)C(C)(C)C. The second kappa shape index (κ2) is 12.2. The molecule has 2 aromatic rings. The van der Waals surface area contributed by atoms with Gasteiger partial charge < -0.3 is 20.2 Å². The van der Waals surface area contributed by atoms with E-state index in [4.69, 9.17) is 31.5 Å². The van der Waals surface area contributed by atoms with Crippen LogP contribution in [-0.4, -0.2) is 49.9 Å². The zero-order valence-electron chi connectivity index (χ0n) is 25.9. The minimum absolute atomic E-state index is 0.0184. The second-order valence-electron chi connectivity index (χ2n) is 13.2. The van der Waals surface area contributed by atoms with E-state index in [0.29, 0.717) is 16.4 Å². The molecule has 0 saturated carbocycles. The first-order valence-corrected chi connectivity index (χ1v) is 17.2.